The van der Waals surface area contributed by atoms with Gasteiger partial charge in [0.15, 0.2) is 0 Å². The Hall–Kier alpha value is -0.550. The zero-order chi connectivity index (χ0) is 7.40. The van der Waals surface area contributed by atoms with E-state index in [4.69, 9.17) is 4.74 Å². The second-order valence-corrected chi connectivity index (χ2v) is 2.46. The number of hydrogen-bond acceptors (Lipinski definition) is 1. The molecule has 0 aliphatic carbocycles. The smallest absolute Gasteiger partial charge is 0.118 e. The lowest BCUT2D eigenvalue weighted by atomic mass is 10.2. The summed E-state index contributed by atoms with van der Waals surface area (Å²) >= 11 is 0. The van der Waals surface area contributed by atoms with E-state index < -0.39 is 0 Å². The zero-order valence-corrected chi connectivity index (χ0v) is 7.16. The minimum absolute atomic E-state index is 0.919. The Bertz CT molecular complexity index is 170. The largest absolute Gasteiger partial charge is 0.497 e. The molecular weight excluding hydrogens is 143 g/mol. The van der Waals surface area contributed by atoms with E-state index in [9.17, 15) is 0 Å². The molecule has 0 fully saturated rings. The van der Waals surface area contributed by atoms with Gasteiger partial charge in [0.05, 0.1) is 7.11 Å². The Morgan fingerprint density at radius 3 is 2.30 bits per heavy atom. The van der Waals surface area contributed by atoms with Crippen molar-refractivity contribution in [1.29, 1.82) is 0 Å². The van der Waals surface area contributed by atoms with Crippen LogP contribution in [0.5, 0.6) is 5.75 Å². The Morgan fingerprint density at radius 2 is 1.90 bits per heavy atom. The van der Waals surface area contributed by atoms with Crippen molar-refractivity contribution in [2.45, 2.75) is 6.16 Å². The molecule has 0 aliphatic heterocycles. The molecule has 1 aromatic carbocycles. The summed E-state index contributed by atoms with van der Waals surface area (Å²) < 4.78 is 5.01. The maximum absolute atomic E-state index is 5.01. The van der Waals surface area contributed by atoms with Crippen molar-refractivity contribution in [2.75, 3.05) is 7.11 Å². The summed E-state index contributed by atoms with van der Waals surface area (Å²) in [5.74, 6) is 0.919. The van der Waals surface area contributed by atoms with Crippen molar-refractivity contribution < 1.29 is 4.74 Å². The van der Waals surface area contributed by atoms with Crippen molar-refractivity contribution in [2.24, 2.45) is 0 Å². The predicted octanol–water partition coefficient (Wildman–Crippen LogP) is 2.07. The Kier molecular flexibility index (Phi) is 2.70. The van der Waals surface area contributed by atoms with E-state index in [-0.39, 0.29) is 0 Å². The highest BCUT2D eigenvalue weighted by Crippen LogP contribution is 2.12. The summed E-state index contributed by atoms with van der Waals surface area (Å²) in [5, 5.41) is 0. The van der Waals surface area contributed by atoms with Crippen LogP contribution in [0.4, 0.5) is 0 Å². The molecule has 1 unspecified atom stereocenters. The van der Waals surface area contributed by atoms with E-state index in [0.29, 0.717) is 0 Å². The van der Waals surface area contributed by atoms with E-state index >= 15 is 0 Å². The molecule has 10 heavy (non-hydrogen) atoms. The maximum Gasteiger partial charge on any atom is 0.118 e. The van der Waals surface area contributed by atoms with E-state index in [2.05, 4.69) is 21.4 Å². The summed E-state index contributed by atoms with van der Waals surface area (Å²) in [6, 6.07) is 8.07. The first-order valence-electron chi connectivity index (χ1n) is 3.20. The van der Waals surface area contributed by atoms with E-state index in [0.717, 1.165) is 11.9 Å². The van der Waals surface area contributed by atoms with Crippen molar-refractivity contribution in [3.05, 3.63) is 29.8 Å². The molecule has 1 atom stereocenters. The van der Waals surface area contributed by atoms with Gasteiger partial charge in [-0.1, -0.05) is 12.1 Å². The summed E-state index contributed by atoms with van der Waals surface area (Å²) in [4.78, 5) is 0. The van der Waals surface area contributed by atoms with Crippen molar-refractivity contribution in [3.63, 3.8) is 0 Å². The fourth-order valence-electron chi connectivity index (χ4n) is 0.762. The molecule has 1 nitrogen and oxygen atoms in total. The van der Waals surface area contributed by atoms with E-state index in [1.165, 1.54) is 5.56 Å². The highest BCUT2D eigenvalue weighted by atomic mass is 31.0. The standard InChI is InChI=1S/C8H11OP/c1-9-8-4-2-7(6-10)3-5-8/h2-5H,6,10H2,1H3. The first-order chi connectivity index (χ1) is 4.86. The van der Waals surface area contributed by atoms with Gasteiger partial charge in [0.1, 0.15) is 5.75 Å². The molecule has 54 valence electrons. The lowest BCUT2D eigenvalue weighted by Crippen LogP contribution is -1.82. The van der Waals surface area contributed by atoms with Crippen LogP contribution in [0.2, 0.25) is 0 Å². The third kappa shape index (κ3) is 1.71. The molecule has 0 radical (unpaired) electrons. The van der Waals surface area contributed by atoms with Crippen molar-refractivity contribution in [3.8, 4) is 5.75 Å². The average Bonchev–Trinajstić information content (AvgIpc) is 2.05. The number of methoxy groups -OCH3 is 1. The van der Waals surface area contributed by atoms with Gasteiger partial charge in [0, 0.05) is 0 Å². The van der Waals surface area contributed by atoms with Gasteiger partial charge in [-0.25, -0.2) is 0 Å². The van der Waals surface area contributed by atoms with Crippen LogP contribution in [0.25, 0.3) is 0 Å². The minimum Gasteiger partial charge on any atom is -0.497 e. The normalized spacial score (nSPS) is 9.40. The molecule has 0 saturated carbocycles. The molecule has 0 amide bonds. The number of hydrogen-bond donors (Lipinski definition) is 0. The summed E-state index contributed by atoms with van der Waals surface area (Å²) in [5.41, 5.74) is 1.31. The van der Waals surface area contributed by atoms with Gasteiger partial charge in [-0.05, 0) is 23.9 Å². The van der Waals surface area contributed by atoms with Crippen LogP contribution >= 0.6 is 9.24 Å². The Balaban J connectivity index is 2.80. The van der Waals surface area contributed by atoms with Crippen LogP contribution in [-0.4, -0.2) is 7.11 Å². The van der Waals surface area contributed by atoms with E-state index in [1.54, 1.807) is 7.11 Å². The van der Waals surface area contributed by atoms with Gasteiger partial charge in [-0.3, -0.25) is 0 Å². The summed E-state index contributed by atoms with van der Waals surface area (Å²) in [6.07, 6.45) is 1.00. The third-order valence-corrected chi connectivity index (χ3v) is 1.87. The maximum atomic E-state index is 5.01. The van der Waals surface area contributed by atoms with Gasteiger partial charge in [-0.15, -0.1) is 9.24 Å². The second kappa shape index (κ2) is 3.58. The molecule has 0 N–H and O–H groups in total. The van der Waals surface area contributed by atoms with Crippen LogP contribution < -0.4 is 4.74 Å². The summed E-state index contributed by atoms with van der Waals surface area (Å²) in [6.45, 7) is 0. The average molecular weight is 154 g/mol. The van der Waals surface area contributed by atoms with Gasteiger partial charge in [0.2, 0.25) is 0 Å². The van der Waals surface area contributed by atoms with Gasteiger partial charge in [-0.2, -0.15) is 0 Å². The molecule has 2 heteroatoms. The van der Waals surface area contributed by atoms with Gasteiger partial charge >= 0.3 is 0 Å². The minimum atomic E-state index is 0.919. The monoisotopic (exact) mass is 154 g/mol. The Morgan fingerprint density at radius 1 is 1.30 bits per heavy atom. The molecule has 1 rings (SSSR count). The molecular formula is C8H11OP. The molecule has 0 heterocycles. The Labute approximate surface area is 63.6 Å². The molecule has 0 aliphatic rings. The van der Waals surface area contributed by atoms with Gasteiger partial charge < -0.3 is 4.74 Å². The van der Waals surface area contributed by atoms with Crippen LogP contribution in [0.15, 0.2) is 24.3 Å². The topological polar surface area (TPSA) is 9.23 Å². The predicted molar refractivity (Wildman–Crippen MR) is 46.4 cm³/mol. The number of ether oxygens (including phenoxy) is 1. The quantitative estimate of drug-likeness (QED) is 0.592. The lowest BCUT2D eigenvalue weighted by molar-refractivity contribution is 0.414. The van der Waals surface area contributed by atoms with Crippen molar-refractivity contribution >= 4 is 9.24 Å². The number of rotatable bonds is 2. The molecule has 1 aromatic rings. The van der Waals surface area contributed by atoms with Gasteiger partial charge in [0.25, 0.3) is 0 Å². The highest BCUT2D eigenvalue weighted by molar-refractivity contribution is 7.15. The highest BCUT2D eigenvalue weighted by Gasteiger charge is 1.89. The fraction of sp³-hybridized carbons (Fsp3) is 0.250. The third-order valence-electron chi connectivity index (χ3n) is 1.39. The van der Waals surface area contributed by atoms with Crippen molar-refractivity contribution in [1.82, 2.24) is 0 Å². The number of benzene rings is 1. The van der Waals surface area contributed by atoms with E-state index in [1.807, 2.05) is 12.1 Å². The lowest BCUT2D eigenvalue weighted by Gasteiger charge is -1.99. The molecule has 0 saturated heterocycles. The first-order valence-corrected chi connectivity index (χ1v) is 4.01. The van der Waals surface area contributed by atoms with Crippen LogP contribution in [0.3, 0.4) is 0 Å². The molecule has 0 spiro atoms. The van der Waals surface area contributed by atoms with Crippen LogP contribution in [0, 0.1) is 0 Å². The summed E-state index contributed by atoms with van der Waals surface area (Å²) in [7, 11) is 4.36. The first kappa shape index (κ1) is 7.56. The second-order valence-electron chi connectivity index (χ2n) is 2.05. The molecule has 0 bridgehead atoms. The van der Waals surface area contributed by atoms with Crippen LogP contribution in [-0.2, 0) is 6.16 Å². The molecule has 0 aromatic heterocycles. The fourth-order valence-corrected chi connectivity index (χ4v) is 1.03. The SMILES string of the molecule is COc1ccc(CP)cc1. The zero-order valence-electron chi connectivity index (χ0n) is 6.00. The van der Waals surface area contributed by atoms with Crippen LogP contribution in [0.1, 0.15) is 5.56 Å².